The molecule has 1 aliphatic heterocycles. The zero-order chi connectivity index (χ0) is 19.0. The third kappa shape index (κ3) is 3.18. The van der Waals surface area contributed by atoms with Gasteiger partial charge in [-0.05, 0) is 56.2 Å². The predicted octanol–water partition coefficient (Wildman–Crippen LogP) is 4.28. The van der Waals surface area contributed by atoms with E-state index in [1.54, 1.807) is 43.3 Å². The van der Waals surface area contributed by atoms with Crippen molar-refractivity contribution in [2.75, 3.05) is 4.90 Å². The minimum atomic E-state index is -0.766. The van der Waals surface area contributed by atoms with E-state index < -0.39 is 17.6 Å². The normalized spacial score (nSPS) is 14.6. The maximum atomic E-state index is 12.9. The molecule has 0 spiro atoms. The molecule has 2 aromatic rings. The van der Waals surface area contributed by atoms with E-state index in [9.17, 15) is 14.7 Å². The van der Waals surface area contributed by atoms with Gasteiger partial charge in [0.25, 0.3) is 5.91 Å². The van der Waals surface area contributed by atoms with Crippen LogP contribution in [0.25, 0.3) is 5.57 Å². The Labute approximate surface area is 156 Å². The zero-order valence-corrected chi connectivity index (χ0v) is 15.4. The van der Waals surface area contributed by atoms with E-state index >= 15 is 0 Å². The van der Waals surface area contributed by atoms with Crippen LogP contribution in [0.15, 0.2) is 48.2 Å². The van der Waals surface area contributed by atoms with Crippen LogP contribution in [0, 0.1) is 6.92 Å². The van der Waals surface area contributed by atoms with Gasteiger partial charge in [-0.15, -0.1) is 0 Å². The van der Waals surface area contributed by atoms with E-state index in [1.807, 2.05) is 13.8 Å². The molecule has 3 rings (SSSR count). The van der Waals surface area contributed by atoms with Crippen LogP contribution in [0.1, 0.15) is 25.0 Å². The fourth-order valence-corrected chi connectivity index (χ4v) is 2.96. The number of amides is 2. The van der Waals surface area contributed by atoms with Crippen LogP contribution >= 0.6 is 11.6 Å². The number of aryl methyl sites for hydroxylation is 1. The van der Waals surface area contributed by atoms with Gasteiger partial charge in [-0.3, -0.25) is 9.59 Å². The number of ether oxygens (including phenoxy) is 1. The lowest BCUT2D eigenvalue weighted by Crippen LogP contribution is -2.32. The summed E-state index contributed by atoms with van der Waals surface area (Å²) in [5.74, 6) is -1.29. The summed E-state index contributed by atoms with van der Waals surface area (Å²) in [5.41, 5.74) is 1.46. The summed E-state index contributed by atoms with van der Waals surface area (Å²) < 4.78 is 5.57. The monoisotopic (exact) mass is 371 g/mol. The molecule has 2 aromatic carbocycles. The molecule has 26 heavy (non-hydrogen) atoms. The summed E-state index contributed by atoms with van der Waals surface area (Å²) in [6.07, 6.45) is 0.0180. The van der Waals surface area contributed by atoms with Gasteiger partial charge in [-0.2, -0.15) is 0 Å². The first-order chi connectivity index (χ1) is 12.3. The first kappa shape index (κ1) is 18.0. The topological polar surface area (TPSA) is 66.8 Å². The molecule has 5 nitrogen and oxygen atoms in total. The lowest BCUT2D eigenvalue weighted by atomic mass is 10.1. The van der Waals surface area contributed by atoms with E-state index in [4.69, 9.17) is 16.3 Å². The van der Waals surface area contributed by atoms with Crippen LogP contribution in [-0.4, -0.2) is 23.0 Å². The molecule has 0 aromatic heterocycles. The highest BCUT2D eigenvalue weighted by atomic mass is 35.5. The number of imide groups is 1. The third-order valence-corrected chi connectivity index (χ3v) is 4.22. The molecule has 0 unspecified atom stereocenters. The first-order valence-electron chi connectivity index (χ1n) is 8.15. The molecule has 2 amide bonds. The van der Waals surface area contributed by atoms with Gasteiger partial charge in [0.15, 0.2) is 5.76 Å². The number of aliphatic hydroxyl groups excluding tert-OH is 1. The lowest BCUT2D eigenvalue weighted by molar-refractivity contribution is -0.121. The third-order valence-electron chi connectivity index (χ3n) is 3.99. The molecule has 1 N–H and O–H groups in total. The molecular weight excluding hydrogens is 354 g/mol. The number of benzene rings is 2. The fourth-order valence-electron chi connectivity index (χ4n) is 2.79. The summed E-state index contributed by atoms with van der Waals surface area (Å²) >= 11 is 6.00. The number of hydrogen-bond acceptors (Lipinski definition) is 4. The Morgan fingerprint density at radius 1 is 1.04 bits per heavy atom. The average molecular weight is 372 g/mol. The summed E-state index contributed by atoms with van der Waals surface area (Å²) in [6.45, 7) is 5.58. The van der Waals surface area contributed by atoms with Crippen molar-refractivity contribution in [1.82, 2.24) is 0 Å². The van der Waals surface area contributed by atoms with E-state index in [1.165, 1.54) is 6.07 Å². The Morgan fingerprint density at radius 3 is 2.31 bits per heavy atom. The minimum absolute atomic E-state index is 0.0180. The second kappa shape index (κ2) is 6.84. The van der Waals surface area contributed by atoms with Crippen molar-refractivity contribution in [3.8, 4) is 5.75 Å². The fraction of sp³-hybridized carbons (Fsp3) is 0.200. The molecule has 0 atom stereocenters. The molecule has 134 valence electrons. The quantitative estimate of drug-likeness (QED) is 0.814. The van der Waals surface area contributed by atoms with E-state index in [-0.39, 0.29) is 11.7 Å². The SMILES string of the molecule is Cc1ccc(Cl)cc1N1C(=O)C(O)=C(c2ccc(OC(C)C)cc2)C1=O. The highest BCUT2D eigenvalue weighted by Gasteiger charge is 2.40. The van der Waals surface area contributed by atoms with Crippen molar-refractivity contribution in [2.45, 2.75) is 26.9 Å². The summed E-state index contributed by atoms with van der Waals surface area (Å²) in [5, 5.41) is 10.7. The van der Waals surface area contributed by atoms with E-state index in [0.717, 1.165) is 4.90 Å². The molecule has 0 saturated heterocycles. The van der Waals surface area contributed by atoms with Gasteiger partial charge < -0.3 is 9.84 Å². The number of halogens is 1. The smallest absolute Gasteiger partial charge is 0.301 e. The van der Waals surface area contributed by atoms with Crippen molar-refractivity contribution in [1.29, 1.82) is 0 Å². The highest BCUT2D eigenvalue weighted by molar-refractivity contribution is 6.45. The van der Waals surface area contributed by atoms with Crippen molar-refractivity contribution in [3.63, 3.8) is 0 Å². The van der Waals surface area contributed by atoms with Gasteiger partial charge in [-0.25, -0.2) is 4.90 Å². The second-order valence-electron chi connectivity index (χ2n) is 6.29. The molecule has 0 saturated carbocycles. The summed E-state index contributed by atoms with van der Waals surface area (Å²) in [4.78, 5) is 26.3. The lowest BCUT2D eigenvalue weighted by Gasteiger charge is -2.17. The predicted molar refractivity (Wildman–Crippen MR) is 100 cm³/mol. The van der Waals surface area contributed by atoms with E-state index in [2.05, 4.69) is 0 Å². The average Bonchev–Trinajstić information content (AvgIpc) is 2.80. The van der Waals surface area contributed by atoms with Gasteiger partial charge >= 0.3 is 5.91 Å². The Kier molecular flexibility index (Phi) is 4.74. The second-order valence-corrected chi connectivity index (χ2v) is 6.73. The van der Waals surface area contributed by atoms with Crippen LogP contribution in [0.4, 0.5) is 5.69 Å². The number of carbonyl (C=O) groups is 2. The number of carbonyl (C=O) groups excluding carboxylic acids is 2. The van der Waals surface area contributed by atoms with Gasteiger partial charge in [0.2, 0.25) is 0 Å². The molecule has 0 aliphatic carbocycles. The molecule has 1 heterocycles. The molecular formula is C20H18ClNO4. The summed E-state index contributed by atoms with van der Waals surface area (Å²) in [6, 6.07) is 11.6. The van der Waals surface area contributed by atoms with Crippen LogP contribution in [-0.2, 0) is 9.59 Å². The van der Waals surface area contributed by atoms with Crippen LogP contribution in [0.2, 0.25) is 5.02 Å². The van der Waals surface area contributed by atoms with Gasteiger partial charge in [0, 0.05) is 5.02 Å². The largest absolute Gasteiger partial charge is 0.502 e. The Hall–Kier alpha value is -2.79. The van der Waals surface area contributed by atoms with Crippen LogP contribution in [0.3, 0.4) is 0 Å². The van der Waals surface area contributed by atoms with Crippen LogP contribution in [0.5, 0.6) is 5.75 Å². The number of rotatable bonds is 4. The van der Waals surface area contributed by atoms with Crippen LogP contribution < -0.4 is 9.64 Å². The van der Waals surface area contributed by atoms with Crippen molar-refractivity contribution in [3.05, 3.63) is 64.4 Å². The van der Waals surface area contributed by atoms with Crippen molar-refractivity contribution >= 4 is 34.7 Å². The molecule has 6 heteroatoms. The standard InChI is InChI=1S/C20H18ClNO4/c1-11(2)26-15-8-5-13(6-9-15)17-18(23)20(25)22(19(17)24)16-10-14(21)7-4-12(16)3/h4-11,23H,1-3H3. The van der Waals surface area contributed by atoms with Gasteiger partial charge in [-0.1, -0.05) is 29.8 Å². The molecule has 0 radical (unpaired) electrons. The van der Waals surface area contributed by atoms with Gasteiger partial charge in [0.05, 0.1) is 17.4 Å². The molecule has 0 fully saturated rings. The van der Waals surface area contributed by atoms with Crippen molar-refractivity contribution < 1.29 is 19.4 Å². The Bertz CT molecular complexity index is 916. The Balaban J connectivity index is 1.98. The number of hydrogen-bond donors (Lipinski definition) is 1. The maximum Gasteiger partial charge on any atom is 0.301 e. The van der Waals surface area contributed by atoms with Gasteiger partial charge in [0.1, 0.15) is 5.75 Å². The Morgan fingerprint density at radius 2 is 1.69 bits per heavy atom. The molecule has 0 bridgehead atoms. The summed E-state index contributed by atoms with van der Waals surface area (Å²) in [7, 11) is 0. The molecule has 1 aliphatic rings. The number of nitrogens with zero attached hydrogens (tertiary/aromatic N) is 1. The zero-order valence-electron chi connectivity index (χ0n) is 14.6. The maximum absolute atomic E-state index is 12.9. The number of aliphatic hydroxyl groups is 1. The van der Waals surface area contributed by atoms with Crippen molar-refractivity contribution in [2.24, 2.45) is 0 Å². The minimum Gasteiger partial charge on any atom is -0.502 e. The highest BCUT2D eigenvalue weighted by Crippen LogP contribution is 2.35. The number of anilines is 1. The van der Waals surface area contributed by atoms with E-state index in [0.29, 0.717) is 27.6 Å². The first-order valence-corrected chi connectivity index (χ1v) is 8.52.